The molecule has 0 spiro atoms. The van der Waals surface area contributed by atoms with Crippen LogP contribution >= 0.6 is 15.9 Å². The Labute approximate surface area is 142 Å². The summed E-state index contributed by atoms with van der Waals surface area (Å²) >= 11 is 3.45. The van der Waals surface area contributed by atoms with Crippen molar-refractivity contribution in [3.8, 4) is 0 Å². The quantitative estimate of drug-likeness (QED) is 0.825. The topological polar surface area (TPSA) is 32.3 Å². The first kappa shape index (κ1) is 17.5. The number of nitrogens with zero attached hydrogens (tertiary/aromatic N) is 1. The Hall–Kier alpha value is -0.870. The molecule has 1 heterocycles. The van der Waals surface area contributed by atoms with E-state index in [4.69, 9.17) is 0 Å². The number of carbonyl (C=O) groups excluding carboxylic acids is 1. The van der Waals surface area contributed by atoms with Gasteiger partial charge in [0.15, 0.2) is 0 Å². The molecule has 0 unspecified atom stereocenters. The van der Waals surface area contributed by atoms with Gasteiger partial charge in [-0.3, -0.25) is 4.79 Å². The van der Waals surface area contributed by atoms with E-state index in [1.807, 2.05) is 17.0 Å². The van der Waals surface area contributed by atoms with Crippen molar-refractivity contribution in [3.05, 3.63) is 34.3 Å². The van der Waals surface area contributed by atoms with Crippen LogP contribution in [0, 0.1) is 5.92 Å². The lowest BCUT2D eigenvalue weighted by molar-refractivity contribution is -0.133. The molecule has 0 radical (unpaired) electrons. The Morgan fingerprint density at radius 2 is 1.91 bits per heavy atom. The lowest BCUT2D eigenvalue weighted by Gasteiger charge is -2.28. The summed E-state index contributed by atoms with van der Waals surface area (Å²) < 4.78 is 1.07. The molecule has 0 aromatic heterocycles. The molecule has 2 rings (SSSR count). The van der Waals surface area contributed by atoms with E-state index < -0.39 is 0 Å². The number of carbonyl (C=O) groups is 1. The van der Waals surface area contributed by atoms with E-state index in [2.05, 4.69) is 47.2 Å². The number of piperidine rings is 1. The minimum Gasteiger partial charge on any atom is -0.336 e. The maximum Gasteiger partial charge on any atom is 0.223 e. The van der Waals surface area contributed by atoms with Crippen LogP contribution in [-0.2, 0) is 11.3 Å². The van der Waals surface area contributed by atoms with Crippen LogP contribution in [-0.4, -0.2) is 29.9 Å². The zero-order chi connectivity index (χ0) is 15.9. The summed E-state index contributed by atoms with van der Waals surface area (Å²) in [5.74, 6) is 1.00. The summed E-state index contributed by atoms with van der Waals surface area (Å²) in [5, 5.41) is 3.38. The summed E-state index contributed by atoms with van der Waals surface area (Å²) in [5.41, 5.74) is 1.19. The normalized spacial score (nSPS) is 16.0. The highest BCUT2D eigenvalue weighted by Crippen LogP contribution is 2.20. The van der Waals surface area contributed by atoms with Gasteiger partial charge in [0.1, 0.15) is 0 Å². The first-order chi connectivity index (χ1) is 10.6. The van der Waals surface area contributed by atoms with Crippen molar-refractivity contribution in [2.75, 3.05) is 13.1 Å². The van der Waals surface area contributed by atoms with Gasteiger partial charge in [0.25, 0.3) is 0 Å². The third-order valence-electron chi connectivity index (χ3n) is 4.44. The van der Waals surface area contributed by atoms with Crippen LogP contribution in [0.25, 0.3) is 0 Å². The van der Waals surface area contributed by atoms with Gasteiger partial charge >= 0.3 is 0 Å². The van der Waals surface area contributed by atoms with Gasteiger partial charge in [-0.25, -0.2) is 0 Å². The van der Waals surface area contributed by atoms with Gasteiger partial charge in [-0.1, -0.05) is 28.1 Å². The summed E-state index contributed by atoms with van der Waals surface area (Å²) in [6, 6.07) is 8.48. The Balaban J connectivity index is 1.88. The number of benzene rings is 1. The highest BCUT2D eigenvalue weighted by molar-refractivity contribution is 9.10. The van der Waals surface area contributed by atoms with Crippen molar-refractivity contribution in [1.82, 2.24) is 10.2 Å². The first-order valence-corrected chi connectivity index (χ1v) is 9.10. The van der Waals surface area contributed by atoms with Crippen LogP contribution in [0.15, 0.2) is 28.7 Å². The zero-order valence-electron chi connectivity index (χ0n) is 13.6. The van der Waals surface area contributed by atoms with Gasteiger partial charge in [-0.05, 0) is 69.8 Å². The highest BCUT2D eigenvalue weighted by atomic mass is 79.9. The van der Waals surface area contributed by atoms with Gasteiger partial charge in [0.2, 0.25) is 5.91 Å². The molecule has 1 amide bonds. The highest BCUT2D eigenvalue weighted by Gasteiger charge is 2.20. The molecule has 22 heavy (non-hydrogen) atoms. The summed E-state index contributed by atoms with van der Waals surface area (Å²) in [4.78, 5) is 14.6. The van der Waals surface area contributed by atoms with Crippen LogP contribution in [0.2, 0.25) is 0 Å². The van der Waals surface area contributed by atoms with Crippen molar-refractivity contribution in [3.63, 3.8) is 0 Å². The molecule has 4 heteroatoms. The smallest absolute Gasteiger partial charge is 0.223 e. The van der Waals surface area contributed by atoms with Crippen LogP contribution in [0.1, 0.15) is 45.1 Å². The van der Waals surface area contributed by atoms with Gasteiger partial charge in [0.05, 0.1) is 0 Å². The molecule has 1 saturated heterocycles. The number of amides is 1. The van der Waals surface area contributed by atoms with Crippen molar-refractivity contribution in [2.24, 2.45) is 5.92 Å². The number of nitrogens with one attached hydrogen (secondary N) is 1. The molecule has 1 aromatic carbocycles. The standard InChI is InChI=1S/C18H27BrN2O/c1-14(2)21(13-16-3-6-17(19)7-4-16)18(22)8-5-15-9-11-20-12-10-15/h3-4,6-7,14-15,20H,5,8-13H2,1-2H3. The van der Waals surface area contributed by atoms with Crippen molar-refractivity contribution < 1.29 is 4.79 Å². The number of hydrogen-bond acceptors (Lipinski definition) is 2. The molecule has 1 aliphatic heterocycles. The Kier molecular flexibility index (Phi) is 6.90. The first-order valence-electron chi connectivity index (χ1n) is 8.31. The van der Waals surface area contributed by atoms with E-state index in [1.54, 1.807) is 0 Å². The van der Waals surface area contributed by atoms with Gasteiger partial charge in [-0.2, -0.15) is 0 Å². The molecule has 1 N–H and O–H groups in total. The fourth-order valence-electron chi connectivity index (χ4n) is 2.99. The van der Waals surface area contributed by atoms with Crippen LogP contribution in [0.5, 0.6) is 0 Å². The van der Waals surface area contributed by atoms with Gasteiger partial charge < -0.3 is 10.2 Å². The maximum atomic E-state index is 12.6. The predicted molar refractivity (Wildman–Crippen MR) is 94.7 cm³/mol. The fraction of sp³-hybridized carbons (Fsp3) is 0.611. The number of rotatable bonds is 6. The van der Waals surface area contributed by atoms with Gasteiger partial charge in [-0.15, -0.1) is 0 Å². The number of halogens is 1. The fourth-order valence-corrected chi connectivity index (χ4v) is 3.25. The van der Waals surface area contributed by atoms with E-state index in [-0.39, 0.29) is 11.9 Å². The summed E-state index contributed by atoms with van der Waals surface area (Å²) in [6.07, 6.45) is 4.13. The maximum absolute atomic E-state index is 12.6. The number of hydrogen-bond donors (Lipinski definition) is 1. The molecule has 1 fully saturated rings. The van der Waals surface area contributed by atoms with Crippen molar-refractivity contribution in [1.29, 1.82) is 0 Å². The Morgan fingerprint density at radius 1 is 1.27 bits per heavy atom. The third kappa shape index (κ3) is 5.40. The van der Waals surface area contributed by atoms with Crippen molar-refractivity contribution in [2.45, 2.75) is 52.1 Å². The largest absolute Gasteiger partial charge is 0.336 e. The molecule has 1 aromatic rings. The second-order valence-corrected chi connectivity index (χ2v) is 7.39. The minimum absolute atomic E-state index is 0.240. The average molecular weight is 367 g/mol. The predicted octanol–water partition coefficient (Wildman–Crippen LogP) is 3.97. The average Bonchev–Trinajstić information content (AvgIpc) is 2.52. The van der Waals surface area contributed by atoms with Crippen molar-refractivity contribution >= 4 is 21.8 Å². The lowest BCUT2D eigenvalue weighted by Crippen LogP contribution is -2.37. The summed E-state index contributed by atoms with van der Waals surface area (Å²) in [6.45, 7) is 7.11. The van der Waals surface area contributed by atoms with Crippen LogP contribution in [0.4, 0.5) is 0 Å². The molecule has 0 atom stereocenters. The molecule has 0 bridgehead atoms. The van der Waals surface area contributed by atoms with E-state index in [0.29, 0.717) is 18.9 Å². The molecule has 0 saturated carbocycles. The van der Waals surface area contributed by atoms with E-state index in [0.717, 1.165) is 24.0 Å². The van der Waals surface area contributed by atoms with E-state index >= 15 is 0 Å². The zero-order valence-corrected chi connectivity index (χ0v) is 15.2. The SMILES string of the molecule is CC(C)N(Cc1ccc(Br)cc1)C(=O)CCC1CCNCC1. The van der Waals surface area contributed by atoms with Crippen LogP contribution in [0.3, 0.4) is 0 Å². The summed E-state index contributed by atoms with van der Waals surface area (Å²) in [7, 11) is 0. The molecule has 1 aliphatic rings. The van der Waals surface area contributed by atoms with E-state index in [9.17, 15) is 4.79 Å². The molecule has 0 aliphatic carbocycles. The van der Waals surface area contributed by atoms with Crippen LogP contribution < -0.4 is 5.32 Å². The van der Waals surface area contributed by atoms with E-state index in [1.165, 1.54) is 18.4 Å². The monoisotopic (exact) mass is 366 g/mol. The lowest BCUT2D eigenvalue weighted by atomic mass is 9.93. The second-order valence-electron chi connectivity index (χ2n) is 6.47. The third-order valence-corrected chi connectivity index (χ3v) is 4.96. The Morgan fingerprint density at radius 3 is 2.50 bits per heavy atom. The molecule has 3 nitrogen and oxygen atoms in total. The minimum atomic E-state index is 0.240. The molecular weight excluding hydrogens is 340 g/mol. The molecule has 122 valence electrons. The molecular formula is C18H27BrN2O. The van der Waals surface area contributed by atoms with Gasteiger partial charge in [0, 0.05) is 23.5 Å². The Bertz CT molecular complexity index is 466. The second kappa shape index (κ2) is 8.68.